The van der Waals surface area contributed by atoms with Crippen molar-refractivity contribution in [1.29, 1.82) is 0 Å². The number of aryl methyl sites for hydroxylation is 2. The lowest BCUT2D eigenvalue weighted by Gasteiger charge is -2.34. The molecule has 1 amide bonds. The molecule has 2 rings (SSSR count). The zero-order valence-electron chi connectivity index (χ0n) is 14.1. The normalized spacial score (nSPS) is 13.6. The van der Waals surface area contributed by atoms with Crippen LogP contribution in [0.3, 0.4) is 0 Å². The number of alkyl halides is 3. The zero-order valence-corrected chi connectivity index (χ0v) is 14.9. The number of anilines is 1. The van der Waals surface area contributed by atoms with Gasteiger partial charge in [-0.15, -0.1) is 11.3 Å². The monoisotopic (exact) mass is 387 g/mol. The molecule has 2 N–H and O–H groups in total. The first kappa shape index (κ1) is 19.7. The van der Waals surface area contributed by atoms with E-state index in [1.807, 2.05) is 5.32 Å². The van der Waals surface area contributed by atoms with Crippen molar-refractivity contribution in [3.63, 3.8) is 0 Å². The number of thiazole rings is 1. The predicted molar refractivity (Wildman–Crippen MR) is 89.9 cm³/mol. The maximum Gasteiger partial charge on any atom is 0.442 e. The Morgan fingerprint density at radius 1 is 1.23 bits per heavy atom. The molecule has 0 bridgehead atoms. The van der Waals surface area contributed by atoms with Gasteiger partial charge in [0.2, 0.25) is 0 Å². The highest BCUT2D eigenvalue weighted by atomic mass is 32.1. The zero-order chi connectivity index (χ0) is 19.5. The Labute approximate surface area is 151 Å². The number of methoxy groups -OCH3 is 1. The summed E-state index contributed by atoms with van der Waals surface area (Å²) in [5, 5.41) is 3.55. The molecule has 26 heavy (non-hydrogen) atoms. The number of esters is 1. The summed E-state index contributed by atoms with van der Waals surface area (Å²) in [6.45, 7) is 3.33. The van der Waals surface area contributed by atoms with Crippen molar-refractivity contribution in [1.82, 2.24) is 10.3 Å². The molecule has 10 heteroatoms. The molecule has 1 heterocycles. The second-order valence-corrected chi connectivity index (χ2v) is 6.70. The molecule has 0 fully saturated rings. The number of ether oxygens (including phenoxy) is 1. The van der Waals surface area contributed by atoms with E-state index >= 15 is 0 Å². The van der Waals surface area contributed by atoms with Crippen LogP contribution in [0, 0.1) is 13.8 Å². The smallest absolute Gasteiger partial charge is 0.442 e. The van der Waals surface area contributed by atoms with Crippen molar-refractivity contribution >= 4 is 28.3 Å². The summed E-state index contributed by atoms with van der Waals surface area (Å²) in [5.74, 6) is -2.80. The predicted octanol–water partition coefficient (Wildman–Crippen LogP) is 3.03. The van der Waals surface area contributed by atoms with Gasteiger partial charge in [0.15, 0.2) is 5.13 Å². The van der Waals surface area contributed by atoms with Crippen molar-refractivity contribution in [2.24, 2.45) is 0 Å². The highest BCUT2D eigenvalue weighted by Gasteiger charge is 2.64. The highest BCUT2D eigenvalue weighted by molar-refractivity contribution is 7.15. The Kier molecular flexibility index (Phi) is 5.55. The third kappa shape index (κ3) is 3.96. The van der Waals surface area contributed by atoms with Crippen molar-refractivity contribution < 1.29 is 27.5 Å². The van der Waals surface area contributed by atoms with Crippen LogP contribution in [-0.2, 0) is 9.53 Å². The maximum atomic E-state index is 13.9. The summed E-state index contributed by atoms with van der Waals surface area (Å²) in [5.41, 5.74) is -2.83. The first-order chi connectivity index (χ1) is 12.1. The fourth-order valence-corrected chi connectivity index (χ4v) is 2.87. The molecule has 0 spiro atoms. The van der Waals surface area contributed by atoms with Crippen LogP contribution in [0.2, 0.25) is 0 Å². The number of hydrogen-bond donors (Lipinski definition) is 2. The van der Waals surface area contributed by atoms with Crippen LogP contribution < -0.4 is 10.6 Å². The molecule has 0 aliphatic rings. The van der Waals surface area contributed by atoms with E-state index in [0.29, 0.717) is 10.4 Å². The average molecular weight is 387 g/mol. The molecule has 140 valence electrons. The van der Waals surface area contributed by atoms with E-state index < -0.39 is 23.7 Å². The van der Waals surface area contributed by atoms with Gasteiger partial charge in [-0.1, -0.05) is 17.7 Å². The molecule has 1 aromatic carbocycles. The number of aromatic nitrogens is 1. The van der Waals surface area contributed by atoms with E-state index in [4.69, 9.17) is 0 Å². The summed E-state index contributed by atoms with van der Waals surface area (Å²) in [4.78, 5) is 28.9. The van der Waals surface area contributed by atoms with Crippen molar-refractivity contribution in [3.8, 4) is 0 Å². The van der Waals surface area contributed by atoms with E-state index in [-0.39, 0.29) is 10.7 Å². The fourth-order valence-electron chi connectivity index (χ4n) is 2.15. The molecule has 0 saturated carbocycles. The molecule has 0 aliphatic carbocycles. The number of nitrogens with one attached hydrogen (secondary N) is 2. The lowest BCUT2D eigenvalue weighted by molar-refractivity contribution is -0.203. The van der Waals surface area contributed by atoms with Crippen LogP contribution >= 0.6 is 11.3 Å². The molecule has 0 unspecified atom stereocenters. The van der Waals surface area contributed by atoms with E-state index in [1.54, 1.807) is 25.2 Å². The molecular formula is C16H16F3N3O3S. The summed E-state index contributed by atoms with van der Waals surface area (Å²) < 4.78 is 45.9. The number of rotatable bonds is 5. The van der Waals surface area contributed by atoms with Gasteiger partial charge in [-0.05, 0) is 26.0 Å². The van der Waals surface area contributed by atoms with Crippen LogP contribution in [0.25, 0.3) is 0 Å². The SMILES string of the molecule is COC(=O)[C@@](NC(=O)c1cccc(C)c1)(Nc1ncc(C)s1)C(F)(F)F. The Balaban J connectivity index is 2.47. The summed E-state index contributed by atoms with van der Waals surface area (Å²) in [6.07, 6.45) is -3.85. The number of halogens is 3. The molecule has 0 aliphatic heterocycles. The minimum absolute atomic E-state index is 0.0281. The summed E-state index contributed by atoms with van der Waals surface area (Å²) >= 11 is 0.903. The van der Waals surface area contributed by atoms with Crippen LogP contribution in [0.5, 0.6) is 0 Å². The molecule has 1 aromatic heterocycles. The second kappa shape index (κ2) is 7.32. The first-order valence-electron chi connectivity index (χ1n) is 7.34. The minimum atomic E-state index is -5.20. The van der Waals surface area contributed by atoms with Gasteiger partial charge < -0.3 is 15.4 Å². The largest absolute Gasteiger partial charge is 0.466 e. The average Bonchev–Trinajstić information content (AvgIpc) is 2.97. The van der Waals surface area contributed by atoms with Crippen molar-refractivity contribution in [2.45, 2.75) is 25.7 Å². The Morgan fingerprint density at radius 3 is 2.42 bits per heavy atom. The Bertz CT molecular complexity index is 822. The van der Waals surface area contributed by atoms with Gasteiger partial charge in [0.05, 0.1) is 7.11 Å². The minimum Gasteiger partial charge on any atom is -0.466 e. The third-order valence-electron chi connectivity index (χ3n) is 3.41. The standard InChI is InChI=1S/C16H16F3N3O3S/c1-9-5-4-6-11(7-9)12(23)21-15(13(24)25-3,16(17,18)19)22-14-20-8-10(2)26-14/h4-8H,1-3H3,(H,20,22)(H,21,23)/t15-/m1/s1. The topological polar surface area (TPSA) is 80.3 Å². The highest BCUT2D eigenvalue weighted by Crippen LogP contribution is 2.34. The Hall–Kier alpha value is -2.62. The van der Waals surface area contributed by atoms with Gasteiger partial charge in [0.25, 0.3) is 5.91 Å². The van der Waals surface area contributed by atoms with E-state index in [0.717, 1.165) is 18.4 Å². The van der Waals surface area contributed by atoms with Gasteiger partial charge in [0.1, 0.15) is 0 Å². The molecular weight excluding hydrogens is 371 g/mol. The quantitative estimate of drug-likeness (QED) is 0.609. The summed E-state index contributed by atoms with van der Waals surface area (Å²) in [7, 11) is 0.802. The Morgan fingerprint density at radius 2 is 1.92 bits per heavy atom. The molecule has 0 radical (unpaired) electrons. The lowest BCUT2D eigenvalue weighted by atomic mass is 10.1. The van der Waals surface area contributed by atoms with Gasteiger partial charge >= 0.3 is 17.8 Å². The van der Waals surface area contributed by atoms with Crippen LogP contribution in [0.4, 0.5) is 18.3 Å². The van der Waals surface area contributed by atoms with Crippen molar-refractivity contribution in [3.05, 3.63) is 46.5 Å². The van der Waals surface area contributed by atoms with Crippen LogP contribution in [0.15, 0.2) is 30.5 Å². The number of nitrogens with zero attached hydrogens (tertiary/aromatic N) is 1. The van der Waals surface area contributed by atoms with Crippen LogP contribution in [0.1, 0.15) is 20.8 Å². The first-order valence-corrected chi connectivity index (χ1v) is 8.15. The molecule has 2 aromatic rings. The number of benzene rings is 1. The fraction of sp³-hybridized carbons (Fsp3) is 0.312. The maximum absolute atomic E-state index is 13.9. The van der Waals surface area contributed by atoms with Crippen molar-refractivity contribution in [2.75, 3.05) is 12.4 Å². The van der Waals surface area contributed by atoms with E-state index in [9.17, 15) is 22.8 Å². The van der Waals surface area contributed by atoms with Gasteiger partial charge in [-0.2, -0.15) is 13.2 Å². The van der Waals surface area contributed by atoms with Gasteiger partial charge in [0, 0.05) is 16.6 Å². The number of carbonyl (C=O) groups is 2. The lowest BCUT2D eigenvalue weighted by Crippen LogP contribution is -2.69. The van der Waals surface area contributed by atoms with Gasteiger partial charge in [-0.3, -0.25) is 4.79 Å². The number of carbonyl (C=O) groups excluding carboxylic acids is 2. The van der Waals surface area contributed by atoms with E-state index in [1.165, 1.54) is 24.4 Å². The van der Waals surface area contributed by atoms with Crippen LogP contribution in [-0.4, -0.2) is 35.8 Å². The summed E-state index contributed by atoms with van der Waals surface area (Å²) in [6, 6.07) is 5.95. The number of amides is 1. The third-order valence-corrected chi connectivity index (χ3v) is 4.24. The molecule has 6 nitrogen and oxygen atoms in total. The second-order valence-electron chi connectivity index (χ2n) is 5.46. The van der Waals surface area contributed by atoms with E-state index in [2.05, 4.69) is 9.72 Å². The number of hydrogen-bond acceptors (Lipinski definition) is 6. The molecule has 0 saturated heterocycles. The molecule has 1 atom stereocenters. The van der Waals surface area contributed by atoms with Gasteiger partial charge in [-0.25, -0.2) is 9.78 Å².